The lowest BCUT2D eigenvalue weighted by atomic mass is 10.1. The first-order valence-electron chi connectivity index (χ1n) is 10.6. The van der Waals surface area contributed by atoms with Crippen molar-refractivity contribution in [2.75, 3.05) is 38.4 Å². The van der Waals surface area contributed by atoms with Crippen molar-refractivity contribution in [2.45, 2.75) is 25.9 Å². The van der Waals surface area contributed by atoms with E-state index in [9.17, 15) is 18.0 Å². The molecule has 2 aromatic rings. The number of anilines is 1. The van der Waals surface area contributed by atoms with Crippen LogP contribution in [0.15, 0.2) is 36.4 Å². The van der Waals surface area contributed by atoms with E-state index in [1.54, 1.807) is 31.2 Å². The molecule has 0 aliphatic rings. The largest absolute Gasteiger partial charge is 0.497 e. The van der Waals surface area contributed by atoms with Crippen molar-refractivity contribution >= 4 is 50.7 Å². The van der Waals surface area contributed by atoms with Gasteiger partial charge in [-0.3, -0.25) is 13.9 Å². The van der Waals surface area contributed by atoms with Crippen LogP contribution in [0.25, 0.3) is 0 Å². The van der Waals surface area contributed by atoms with Gasteiger partial charge in [-0.15, -0.1) is 0 Å². The number of hydrogen-bond acceptors (Lipinski definition) is 6. The molecule has 2 aromatic carbocycles. The van der Waals surface area contributed by atoms with Gasteiger partial charge >= 0.3 is 0 Å². The van der Waals surface area contributed by atoms with Gasteiger partial charge in [-0.25, -0.2) is 8.42 Å². The van der Waals surface area contributed by atoms with E-state index in [4.69, 9.17) is 32.7 Å². The smallest absolute Gasteiger partial charge is 0.244 e. The number of hydrogen-bond donors (Lipinski definition) is 1. The average Bonchev–Trinajstić information content (AvgIpc) is 2.82. The molecule has 0 fully saturated rings. The highest BCUT2D eigenvalue weighted by atomic mass is 35.5. The maximum Gasteiger partial charge on any atom is 0.244 e. The van der Waals surface area contributed by atoms with E-state index in [1.165, 1.54) is 38.3 Å². The molecular formula is C23H29Cl2N3O6S. The van der Waals surface area contributed by atoms with E-state index >= 15 is 0 Å². The summed E-state index contributed by atoms with van der Waals surface area (Å²) in [6, 6.07) is 8.56. The second-order valence-corrected chi connectivity index (χ2v) is 10.4. The second kappa shape index (κ2) is 12.3. The second-order valence-electron chi connectivity index (χ2n) is 7.60. The molecule has 0 aromatic heterocycles. The van der Waals surface area contributed by atoms with E-state index < -0.39 is 34.4 Å². The molecule has 12 heteroatoms. The molecule has 1 N–H and O–H groups in total. The summed E-state index contributed by atoms with van der Waals surface area (Å²) in [6.45, 7) is 1.14. The van der Waals surface area contributed by atoms with Gasteiger partial charge in [-0.05, 0) is 36.2 Å². The van der Waals surface area contributed by atoms with Gasteiger partial charge in [0.2, 0.25) is 21.8 Å². The fraction of sp³-hybridized carbons (Fsp3) is 0.391. The third-order valence-electron chi connectivity index (χ3n) is 5.32. The number of nitrogens with zero attached hydrogens (tertiary/aromatic N) is 2. The summed E-state index contributed by atoms with van der Waals surface area (Å²) in [4.78, 5) is 27.6. The van der Waals surface area contributed by atoms with Crippen LogP contribution in [-0.2, 0) is 26.2 Å². The number of amides is 2. The van der Waals surface area contributed by atoms with Gasteiger partial charge in [0.25, 0.3) is 0 Å². The van der Waals surface area contributed by atoms with Crippen molar-refractivity contribution in [2.24, 2.45) is 0 Å². The SMILES string of the molecule is CC[C@H](C(=O)NC)N(Cc1ccc(Cl)cc1Cl)C(=O)CN(c1cc(OC)ccc1OC)S(C)(=O)=O. The van der Waals surface area contributed by atoms with Crippen molar-refractivity contribution in [3.05, 3.63) is 52.0 Å². The number of rotatable bonds is 11. The Bertz CT molecular complexity index is 1180. The van der Waals surface area contributed by atoms with E-state index in [2.05, 4.69) is 5.32 Å². The van der Waals surface area contributed by atoms with Gasteiger partial charge in [0.1, 0.15) is 24.1 Å². The van der Waals surface area contributed by atoms with E-state index in [-0.39, 0.29) is 24.4 Å². The summed E-state index contributed by atoms with van der Waals surface area (Å²) < 4.78 is 37.0. The molecule has 0 unspecified atom stereocenters. The molecule has 2 rings (SSSR count). The Balaban J connectivity index is 2.55. The molecule has 192 valence electrons. The molecule has 2 amide bonds. The van der Waals surface area contributed by atoms with Crippen LogP contribution >= 0.6 is 23.2 Å². The molecule has 0 saturated heterocycles. The lowest BCUT2D eigenvalue weighted by molar-refractivity contribution is -0.140. The minimum Gasteiger partial charge on any atom is -0.497 e. The monoisotopic (exact) mass is 545 g/mol. The third kappa shape index (κ3) is 7.16. The van der Waals surface area contributed by atoms with Gasteiger partial charge in [-0.2, -0.15) is 0 Å². The van der Waals surface area contributed by atoms with Crippen LogP contribution in [0, 0.1) is 0 Å². The van der Waals surface area contributed by atoms with E-state index in [1.807, 2.05) is 0 Å². The van der Waals surface area contributed by atoms with E-state index in [0.29, 0.717) is 21.4 Å². The Hall–Kier alpha value is -2.69. The molecular weight excluding hydrogens is 517 g/mol. The Labute approximate surface area is 215 Å². The van der Waals surface area contributed by atoms with Crippen molar-refractivity contribution < 1.29 is 27.5 Å². The minimum absolute atomic E-state index is 0.0341. The van der Waals surface area contributed by atoms with Crippen LogP contribution < -0.4 is 19.1 Å². The first-order valence-corrected chi connectivity index (χ1v) is 13.2. The predicted molar refractivity (Wildman–Crippen MR) is 137 cm³/mol. The topological polar surface area (TPSA) is 105 Å². The van der Waals surface area contributed by atoms with Crippen molar-refractivity contribution in [3.63, 3.8) is 0 Å². The summed E-state index contributed by atoms with van der Waals surface area (Å²) in [5.74, 6) is -0.393. The lowest BCUT2D eigenvalue weighted by Gasteiger charge is -2.33. The van der Waals surface area contributed by atoms with Crippen LogP contribution in [0.2, 0.25) is 10.0 Å². The average molecular weight is 546 g/mol. The van der Waals surface area contributed by atoms with Gasteiger partial charge in [0, 0.05) is 29.7 Å². The number of ether oxygens (including phenoxy) is 2. The zero-order chi connectivity index (χ0) is 26.3. The summed E-state index contributed by atoms with van der Waals surface area (Å²) in [6.07, 6.45) is 1.27. The van der Waals surface area contributed by atoms with Crippen LogP contribution in [0.4, 0.5) is 5.69 Å². The molecule has 9 nitrogen and oxygen atoms in total. The van der Waals surface area contributed by atoms with Crippen LogP contribution in [0.5, 0.6) is 11.5 Å². The normalized spacial score (nSPS) is 12.0. The lowest BCUT2D eigenvalue weighted by Crippen LogP contribution is -2.51. The first kappa shape index (κ1) is 28.5. The quantitative estimate of drug-likeness (QED) is 0.464. The third-order valence-corrected chi connectivity index (χ3v) is 7.04. The number of methoxy groups -OCH3 is 2. The molecule has 0 aliphatic carbocycles. The Morgan fingerprint density at radius 3 is 2.29 bits per heavy atom. The van der Waals surface area contributed by atoms with E-state index in [0.717, 1.165) is 10.6 Å². The standard InChI is InChI=1S/C23H29Cl2N3O6S/c1-6-19(23(30)26-2)27(13-15-7-8-16(24)11-18(15)25)22(29)14-28(35(5,31)32)20-12-17(33-3)9-10-21(20)34-4/h7-12,19H,6,13-14H2,1-5H3,(H,26,30)/t19-/m1/s1. The molecule has 1 atom stereocenters. The van der Waals surface area contributed by atoms with Gasteiger partial charge in [-0.1, -0.05) is 36.2 Å². The van der Waals surface area contributed by atoms with Gasteiger partial charge in [0.05, 0.1) is 26.2 Å². The zero-order valence-corrected chi connectivity index (χ0v) is 22.5. The fourth-order valence-electron chi connectivity index (χ4n) is 3.51. The van der Waals surface area contributed by atoms with Crippen molar-refractivity contribution in [1.82, 2.24) is 10.2 Å². The van der Waals surface area contributed by atoms with Crippen LogP contribution in [-0.4, -0.2) is 65.2 Å². The van der Waals surface area contributed by atoms with Gasteiger partial charge < -0.3 is 19.7 Å². The molecule has 0 aliphatic heterocycles. The highest BCUT2D eigenvalue weighted by Gasteiger charge is 2.32. The van der Waals surface area contributed by atoms with Crippen LogP contribution in [0.3, 0.4) is 0 Å². The molecule has 0 saturated carbocycles. The maximum absolute atomic E-state index is 13.6. The maximum atomic E-state index is 13.6. The van der Waals surface area contributed by atoms with Crippen molar-refractivity contribution in [3.8, 4) is 11.5 Å². The Morgan fingerprint density at radius 2 is 1.77 bits per heavy atom. The number of carbonyl (C=O) groups is 2. The fourth-order valence-corrected chi connectivity index (χ4v) is 4.82. The summed E-state index contributed by atoms with van der Waals surface area (Å²) >= 11 is 12.3. The number of sulfonamides is 1. The molecule has 0 spiro atoms. The highest BCUT2D eigenvalue weighted by Crippen LogP contribution is 2.34. The summed E-state index contributed by atoms with van der Waals surface area (Å²) in [7, 11) is 0.351. The predicted octanol–water partition coefficient (Wildman–Crippen LogP) is 3.33. The van der Waals surface area contributed by atoms with Crippen LogP contribution in [0.1, 0.15) is 18.9 Å². The highest BCUT2D eigenvalue weighted by molar-refractivity contribution is 7.92. The number of nitrogens with one attached hydrogen (secondary N) is 1. The number of carbonyl (C=O) groups excluding carboxylic acids is 2. The van der Waals surface area contributed by atoms with Crippen molar-refractivity contribution in [1.29, 1.82) is 0 Å². The number of benzene rings is 2. The zero-order valence-electron chi connectivity index (χ0n) is 20.2. The molecule has 0 bridgehead atoms. The minimum atomic E-state index is -3.94. The number of halogens is 2. The number of likely N-dealkylation sites (N-methyl/N-ethyl adjacent to an activating group) is 1. The summed E-state index contributed by atoms with van der Waals surface area (Å²) in [5.41, 5.74) is 0.678. The Kier molecular flexibility index (Phi) is 10.1. The summed E-state index contributed by atoms with van der Waals surface area (Å²) in [5, 5.41) is 3.29. The first-order chi connectivity index (χ1) is 16.5. The molecule has 0 radical (unpaired) electrons. The van der Waals surface area contributed by atoms with Gasteiger partial charge in [0.15, 0.2) is 0 Å². The molecule has 0 heterocycles. The molecule has 35 heavy (non-hydrogen) atoms. The Morgan fingerprint density at radius 1 is 1.09 bits per heavy atom.